The van der Waals surface area contributed by atoms with Gasteiger partial charge in [-0.05, 0) is 24.3 Å². The topological polar surface area (TPSA) is 124 Å². The summed E-state index contributed by atoms with van der Waals surface area (Å²) < 4.78 is 5.58. The van der Waals surface area contributed by atoms with Crippen molar-refractivity contribution in [2.75, 3.05) is 0 Å². The molecular formula is C18H20N4O4. The average molecular weight is 356 g/mol. The number of nitrogens with two attached hydrogens (primary N) is 1. The predicted molar refractivity (Wildman–Crippen MR) is 90.6 cm³/mol. The number of rotatable bonds is 5. The minimum atomic E-state index is -0.957. The Morgan fingerprint density at radius 1 is 1.27 bits per heavy atom. The zero-order valence-corrected chi connectivity index (χ0v) is 14.1. The van der Waals surface area contributed by atoms with Gasteiger partial charge in [0.05, 0.1) is 5.57 Å². The summed E-state index contributed by atoms with van der Waals surface area (Å²) in [6.45, 7) is -0.387. The smallest absolute Gasteiger partial charge is 0.267 e. The molecular weight excluding hydrogens is 336 g/mol. The Hall–Kier alpha value is -2.71. The average Bonchev–Trinajstić information content (AvgIpc) is 3.40. The summed E-state index contributed by atoms with van der Waals surface area (Å²) in [5.41, 5.74) is 8.77. The van der Waals surface area contributed by atoms with Crippen LogP contribution in [0.4, 0.5) is 0 Å². The molecule has 0 bridgehead atoms. The molecule has 1 fully saturated rings. The summed E-state index contributed by atoms with van der Waals surface area (Å²) in [5.74, 6) is -0.353. The van der Waals surface area contributed by atoms with Crippen molar-refractivity contribution in [1.29, 1.82) is 0 Å². The van der Waals surface area contributed by atoms with Crippen LogP contribution < -0.4 is 11.2 Å². The first-order valence-corrected chi connectivity index (χ1v) is 8.64. The van der Waals surface area contributed by atoms with Gasteiger partial charge in [0.25, 0.3) is 5.91 Å². The van der Waals surface area contributed by atoms with Crippen molar-refractivity contribution in [3.63, 3.8) is 0 Å². The number of aromatic nitrogens is 2. The first-order valence-electron chi connectivity index (χ1n) is 8.64. The van der Waals surface area contributed by atoms with E-state index in [0.717, 1.165) is 31.2 Å². The molecule has 1 aromatic carbocycles. The molecule has 4 rings (SSSR count). The molecule has 1 atom stereocenters. The van der Waals surface area contributed by atoms with E-state index < -0.39 is 11.5 Å². The van der Waals surface area contributed by atoms with E-state index in [1.54, 1.807) is 0 Å². The maximum Gasteiger partial charge on any atom is 0.267 e. The lowest BCUT2D eigenvalue weighted by Gasteiger charge is -2.35. The highest BCUT2D eigenvalue weighted by Crippen LogP contribution is 2.53. The van der Waals surface area contributed by atoms with E-state index in [1.165, 1.54) is 0 Å². The molecule has 2 heterocycles. The standard InChI is InChI=1S/C18H20N4O4/c19-16(24)15-14(17-21-20-13(10-23)25-17)18(26-22-15,12-8-4-5-9-12)11-6-2-1-3-7-11/h1-3,6-7,12,22-23H,4-5,8-10H2,(H2,19,24). The second kappa shape index (κ2) is 6.54. The van der Waals surface area contributed by atoms with Gasteiger partial charge in [0, 0.05) is 0 Å². The van der Waals surface area contributed by atoms with Crippen LogP contribution in [0.5, 0.6) is 0 Å². The molecule has 136 valence electrons. The van der Waals surface area contributed by atoms with Gasteiger partial charge in [-0.2, -0.15) is 0 Å². The lowest BCUT2D eigenvalue weighted by Crippen LogP contribution is -2.37. The number of primary amides is 1. The molecule has 8 nitrogen and oxygen atoms in total. The molecule has 1 aromatic heterocycles. The molecule has 0 saturated heterocycles. The van der Waals surface area contributed by atoms with Crippen LogP contribution in [0.3, 0.4) is 0 Å². The van der Waals surface area contributed by atoms with Gasteiger partial charge < -0.3 is 15.3 Å². The molecule has 0 radical (unpaired) electrons. The van der Waals surface area contributed by atoms with E-state index in [9.17, 15) is 9.90 Å². The Morgan fingerprint density at radius 3 is 2.62 bits per heavy atom. The highest BCUT2D eigenvalue weighted by Gasteiger charge is 2.54. The van der Waals surface area contributed by atoms with Crippen molar-refractivity contribution in [3.05, 3.63) is 53.4 Å². The second-order valence-electron chi connectivity index (χ2n) is 6.56. The third kappa shape index (κ3) is 2.49. The lowest BCUT2D eigenvalue weighted by atomic mass is 9.74. The lowest BCUT2D eigenvalue weighted by molar-refractivity contribution is -0.117. The number of aliphatic hydroxyl groups is 1. The Morgan fingerprint density at radius 2 is 2.00 bits per heavy atom. The maximum absolute atomic E-state index is 12.1. The molecule has 0 spiro atoms. The van der Waals surface area contributed by atoms with Gasteiger partial charge in [-0.1, -0.05) is 43.2 Å². The van der Waals surface area contributed by atoms with Gasteiger partial charge in [0.1, 0.15) is 12.3 Å². The minimum absolute atomic E-state index is 0.0663. The van der Waals surface area contributed by atoms with Crippen molar-refractivity contribution < 1.29 is 19.2 Å². The van der Waals surface area contributed by atoms with E-state index >= 15 is 0 Å². The van der Waals surface area contributed by atoms with Gasteiger partial charge in [0.2, 0.25) is 11.8 Å². The second-order valence-corrected chi connectivity index (χ2v) is 6.56. The van der Waals surface area contributed by atoms with Gasteiger partial charge in [-0.15, -0.1) is 10.2 Å². The molecule has 8 heteroatoms. The van der Waals surface area contributed by atoms with E-state index in [-0.39, 0.29) is 30.0 Å². The number of aliphatic hydroxyl groups excluding tert-OH is 1. The maximum atomic E-state index is 12.1. The quantitative estimate of drug-likeness (QED) is 0.739. The fourth-order valence-corrected chi connectivity index (χ4v) is 4.02. The third-order valence-electron chi connectivity index (χ3n) is 5.13. The van der Waals surface area contributed by atoms with Crippen LogP contribution in [0.2, 0.25) is 0 Å². The SMILES string of the molecule is NC(=O)C1=C(c2nnc(CO)o2)C(c2ccccc2)(C2CCCC2)ON1. The van der Waals surface area contributed by atoms with Crippen LogP contribution in [-0.4, -0.2) is 21.2 Å². The highest BCUT2D eigenvalue weighted by molar-refractivity contribution is 6.01. The number of nitrogens with zero attached hydrogens (tertiary/aromatic N) is 2. The Labute approximate surface area is 150 Å². The predicted octanol–water partition coefficient (Wildman–Crippen LogP) is 1.38. The molecule has 1 aliphatic heterocycles. The summed E-state index contributed by atoms with van der Waals surface area (Å²) in [4.78, 5) is 18.2. The van der Waals surface area contributed by atoms with Gasteiger partial charge in [-0.25, -0.2) is 0 Å². The molecule has 1 amide bonds. The number of hydrogen-bond acceptors (Lipinski definition) is 7. The fraction of sp³-hybridized carbons (Fsp3) is 0.389. The van der Waals surface area contributed by atoms with E-state index in [2.05, 4.69) is 15.7 Å². The molecule has 1 saturated carbocycles. The summed E-state index contributed by atoms with van der Waals surface area (Å²) >= 11 is 0. The van der Waals surface area contributed by atoms with Crippen LogP contribution in [0.25, 0.3) is 5.57 Å². The van der Waals surface area contributed by atoms with Crippen LogP contribution in [0.1, 0.15) is 43.0 Å². The van der Waals surface area contributed by atoms with Gasteiger partial charge >= 0.3 is 0 Å². The summed E-state index contributed by atoms with van der Waals surface area (Å²) in [6.07, 6.45) is 4.03. The first-order chi connectivity index (χ1) is 12.7. The number of hydroxylamine groups is 1. The van der Waals surface area contributed by atoms with Crippen LogP contribution in [-0.2, 0) is 21.8 Å². The number of carbonyl (C=O) groups excluding carboxylic acids is 1. The molecule has 26 heavy (non-hydrogen) atoms. The Balaban J connectivity index is 1.95. The number of carbonyl (C=O) groups is 1. The molecule has 2 aliphatic rings. The minimum Gasteiger partial charge on any atom is -0.418 e. The Bertz CT molecular complexity index is 842. The van der Waals surface area contributed by atoms with Crippen molar-refractivity contribution in [2.24, 2.45) is 11.7 Å². The number of hydrogen-bond donors (Lipinski definition) is 3. The summed E-state index contributed by atoms with van der Waals surface area (Å²) in [7, 11) is 0. The zero-order chi connectivity index (χ0) is 18.1. The molecule has 1 aliphatic carbocycles. The van der Waals surface area contributed by atoms with Crippen LogP contribution in [0.15, 0.2) is 40.4 Å². The first kappa shape index (κ1) is 16.7. The van der Waals surface area contributed by atoms with Gasteiger partial charge in [-0.3, -0.25) is 15.1 Å². The third-order valence-corrected chi connectivity index (χ3v) is 5.13. The van der Waals surface area contributed by atoms with Crippen LogP contribution >= 0.6 is 0 Å². The van der Waals surface area contributed by atoms with Crippen LogP contribution in [0, 0.1) is 5.92 Å². The fourth-order valence-electron chi connectivity index (χ4n) is 4.02. The monoisotopic (exact) mass is 356 g/mol. The van der Waals surface area contributed by atoms with Crippen molar-refractivity contribution in [2.45, 2.75) is 37.9 Å². The van der Waals surface area contributed by atoms with Gasteiger partial charge in [0.15, 0.2) is 5.60 Å². The van der Waals surface area contributed by atoms with E-state index in [0.29, 0.717) is 5.57 Å². The zero-order valence-electron chi connectivity index (χ0n) is 14.1. The van der Waals surface area contributed by atoms with E-state index in [4.69, 9.17) is 15.0 Å². The summed E-state index contributed by atoms with van der Waals surface area (Å²) in [5, 5.41) is 17.1. The normalized spacial score (nSPS) is 23.4. The largest absolute Gasteiger partial charge is 0.418 e. The number of amides is 1. The summed E-state index contributed by atoms with van der Waals surface area (Å²) in [6, 6.07) is 9.66. The molecule has 2 aromatic rings. The number of nitrogens with one attached hydrogen (secondary N) is 1. The van der Waals surface area contributed by atoms with Crippen molar-refractivity contribution >= 4 is 11.5 Å². The van der Waals surface area contributed by atoms with Crippen molar-refractivity contribution in [3.8, 4) is 0 Å². The Kier molecular flexibility index (Phi) is 4.21. The van der Waals surface area contributed by atoms with E-state index in [1.807, 2.05) is 30.3 Å². The number of benzene rings is 1. The molecule has 4 N–H and O–H groups in total. The molecule has 1 unspecified atom stereocenters. The highest BCUT2D eigenvalue weighted by atomic mass is 16.7. The van der Waals surface area contributed by atoms with Crippen molar-refractivity contribution in [1.82, 2.24) is 15.7 Å².